The highest BCUT2D eigenvalue weighted by Gasteiger charge is 2.34. The Hall–Kier alpha value is -2.18. The minimum absolute atomic E-state index is 0.286. The number of anilines is 1. The van der Waals surface area contributed by atoms with Crippen molar-refractivity contribution in [2.75, 3.05) is 31.2 Å². The second kappa shape index (κ2) is 5.90. The second-order valence-electron chi connectivity index (χ2n) is 5.85. The van der Waals surface area contributed by atoms with Crippen LogP contribution in [-0.2, 0) is 4.74 Å². The molecule has 0 N–H and O–H groups in total. The molecule has 3 rings (SSSR count). The third-order valence-electron chi connectivity index (χ3n) is 3.75. The first-order valence-electron chi connectivity index (χ1n) is 7.33. The van der Waals surface area contributed by atoms with E-state index in [1.807, 2.05) is 26.0 Å². The van der Waals surface area contributed by atoms with Gasteiger partial charge in [0.15, 0.2) is 0 Å². The Labute approximate surface area is 128 Å². The largest absolute Gasteiger partial charge is 0.442 e. The first-order valence-corrected chi connectivity index (χ1v) is 7.33. The van der Waals surface area contributed by atoms with Gasteiger partial charge < -0.3 is 4.74 Å². The number of carbonyl (C=O) groups is 1. The maximum absolute atomic E-state index is 12.5. The fourth-order valence-corrected chi connectivity index (χ4v) is 2.82. The summed E-state index contributed by atoms with van der Waals surface area (Å²) in [7, 11) is 0. The van der Waals surface area contributed by atoms with Crippen molar-refractivity contribution in [2.24, 2.45) is 10.3 Å². The molecule has 2 heterocycles. The molecule has 2 aliphatic rings. The van der Waals surface area contributed by atoms with E-state index in [1.165, 1.54) is 0 Å². The number of cyclic esters (lactones) is 1. The highest BCUT2D eigenvalue weighted by Crippen LogP contribution is 2.25. The third kappa shape index (κ3) is 3.03. The van der Waals surface area contributed by atoms with Crippen LogP contribution in [-0.4, -0.2) is 49.6 Å². The molecule has 0 radical (unpaired) electrons. The van der Waals surface area contributed by atoms with Crippen molar-refractivity contribution in [2.45, 2.75) is 26.0 Å². The Morgan fingerprint density at radius 2 is 2.00 bits per heavy atom. The number of aryl methyl sites for hydroxylation is 2. The summed E-state index contributed by atoms with van der Waals surface area (Å²) < 4.78 is 17.9. The molecule has 0 bridgehead atoms. The first kappa shape index (κ1) is 14.7. The van der Waals surface area contributed by atoms with Crippen LogP contribution in [0.1, 0.15) is 11.1 Å². The lowest BCUT2D eigenvalue weighted by Gasteiger charge is -2.17. The van der Waals surface area contributed by atoms with Gasteiger partial charge in [0.05, 0.1) is 19.6 Å². The summed E-state index contributed by atoms with van der Waals surface area (Å²) in [5.74, 6) is 0. The third-order valence-corrected chi connectivity index (χ3v) is 3.75. The van der Waals surface area contributed by atoms with Gasteiger partial charge in [0, 0.05) is 5.69 Å². The van der Waals surface area contributed by atoms with Gasteiger partial charge in [0.1, 0.15) is 18.8 Å². The lowest BCUT2D eigenvalue weighted by atomic mass is 10.1. The molecule has 7 heteroatoms. The Bertz CT molecular complexity index is 587. The van der Waals surface area contributed by atoms with Crippen LogP contribution < -0.4 is 4.90 Å². The molecule has 2 atom stereocenters. The lowest BCUT2D eigenvalue weighted by molar-refractivity contribution is 0.112. The number of rotatable bonds is 4. The van der Waals surface area contributed by atoms with Crippen LogP contribution in [0.3, 0.4) is 0 Å². The fraction of sp³-hybridized carbons (Fsp3) is 0.533. The fourth-order valence-electron chi connectivity index (χ4n) is 2.82. The number of alkyl halides is 1. The summed E-state index contributed by atoms with van der Waals surface area (Å²) in [5, 5.41) is 9.39. The summed E-state index contributed by atoms with van der Waals surface area (Å²) in [6, 6.07) is 5.59. The van der Waals surface area contributed by atoms with Crippen LogP contribution >= 0.6 is 0 Å². The average molecular weight is 306 g/mol. The molecule has 1 amide bonds. The van der Waals surface area contributed by atoms with Crippen LogP contribution in [0.4, 0.5) is 14.9 Å². The van der Waals surface area contributed by atoms with Crippen molar-refractivity contribution >= 4 is 11.8 Å². The Balaban J connectivity index is 1.65. The predicted molar refractivity (Wildman–Crippen MR) is 79.7 cm³/mol. The summed E-state index contributed by atoms with van der Waals surface area (Å²) in [6.07, 6.45) is -0.640. The normalized spacial score (nSPS) is 24.2. The molecule has 2 unspecified atom stereocenters. The number of carbonyl (C=O) groups excluding carboxylic acids is 1. The van der Waals surface area contributed by atoms with Crippen molar-refractivity contribution in [3.63, 3.8) is 0 Å². The Morgan fingerprint density at radius 3 is 2.64 bits per heavy atom. The predicted octanol–water partition coefficient (Wildman–Crippen LogP) is 2.65. The summed E-state index contributed by atoms with van der Waals surface area (Å²) in [4.78, 5) is 13.7. The monoisotopic (exact) mass is 306 g/mol. The number of halogens is 1. The van der Waals surface area contributed by atoms with Gasteiger partial charge in [-0.2, -0.15) is 5.11 Å². The van der Waals surface area contributed by atoms with Gasteiger partial charge in [0.2, 0.25) is 0 Å². The lowest BCUT2D eigenvalue weighted by Crippen LogP contribution is -2.33. The van der Waals surface area contributed by atoms with Crippen molar-refractivity contribution < 1.29 is 13.9 Å². The zero-order valence-corrected chi connectivity index (χ0v) is 12.7. The number of benzene rings is 1. The van der Waals surface area contributed by atoms with Gasteiger partial charge in [-0.05, 0) is 37.1 Å². The molecule has 2 aliphatic heterocycles. The van der Waals surface area contributed by atoms with Crippen molar-refractivity contribution in [3.05, 3.63) is 29.3 Å². The SMILES string of the molecule is Cc1cc(C)cc(N2CC(CN3CC(CF)N=N3)OC2=O)c1. The molecule has 6 nitrogen and oxygen atoms in total. The molecule has 1 fully saturated rings. The number of hydrogen-bond donors (Lipinski definition) is 0. The molecule has 0 aliphatic carbocycles. The molecule has 22 heavy (non-hydrogen) atoms. The topological polar surface area (TPSA) is 57.5 Å². The van der Waals surface area contributed by atoms with Crippen molar-refractivity contribution in [3.8, 4) is 0 Å². The number of nitrogens with zero attached hydrogens (tertiary/aromatic N) is 4. The quantitative estimate of drug-likeness (QED) is 0.859. The standard InChI is InChI=1S/C15H19FN4O2/c1-10-3-11(2)5-13(4-10)20-9-14(22-15(20)21)8-19-7-12(6-16)17-18-19/h3-5,12,14H,6-9H2,1-2H3. The minimum Gasteiger partial charge on any atom is -0.442 e. The van der Waals surface area contributed by atoms with Crippen LogP contribution in [0.5, 0.6) is 0 Å². The zero-order valence-electron chi connectivity index (χ0n) is 12.7. The molecule has 0 spiro atoms. The second-order valence-corrected chi connectivity index (χ2v) is 5.85. The maximum Gasteiger partial charge on any atom is 0.414 e. The van der Waals surface area contributed by atoms with Gasteiger partial charge >= 0.3 is 6.09 Å². The highest BCUT2D eigenvalue weighted by atomic mass is 19.1. The van der Waals surface area contributed by atoms with Crippen LogP contribution in [0.25, 0.3) is 0 Å². The van der Waals surface area contributed by atoms with Gasteiger partial charge in [-0.3, -0.25) is 9.91 Å². The minimum atomic E-state index is -0.515. The smallest absolute Gasteiger partial charge is 0.414 e. The molecule has 0 aromatic heterocycles. The molecule has 0 saturated carbocycles. The molecule has 1 aromatic rings. The molecule has 1 aromatic carbocycles. The average Bonchev–Trinajstić information content (AvgIpc) is 3.04. The van der Waals surface area contributed by atoms with E-state index < -0.39 is 12.7 Å². The number of hydrogen-bond acceptors (Lipinski definition) is 5. The first-order chi connectivity index (χ1) is 10.5. The highest BCUT2D eigenvalue weighted by molar-refractivity contribution is 5.90. The molecular weight excluding hydrogens is 287 g/mol. The van der Waals surface area contributed by atoms with E-state index in [9.17, 15) is 9.18 Å². The van der Waals surface area contributed by atoms with Crippen molar-refractivity contribution in [1.82, 2.24) is 5.01 Å². The van der Waals surface area contributed by atoms with Gasteiger partial charge in [-0.15, -0.1) is 0 Å². The number of amides is 1. The molecule has 118 valence electrons. The summed E-state index contributed by atoms with van der Waals surface area (Å²) in [5.41, 5.74) is 3.05. The van der Waals surface area contributed by atoms with Gasteiger partial charge in [-0.25, -0.2) is 9.18 Å². The van der Waals surface area contributed by atoms with Gasteiger partial charge in [-0.1, -0.05) is 11.3 Å². The molecular formula is C15H19FN4O2. The Morgan fingerprint density at radius 1 is 1.27 bits per heavy atom. The van der Waals surface area contributed by atoms with Gasteiger partial charge in [0.25, 0.3) is 0 Å². The van der Waals surface area contributed by atoms with E-state index in [4.69, 9.17) is 4.74 Å². The maximum atomic E-state index is 12.5. The van der Waals surface area contributed by atoms with Crippen LogP contribution in [0, 0.1) is 13.8 Å². The van der Waals surface area contributed by atoms with E-state index in [0.717, 1.165) is 16.8 Å². The summed E-state index contributed by atoms with van der Waals surface area (Å²) >= 11 is 0. The van der Waals surface area contributed by atoms with E-state index in [-0.39, 0.29) is 12.2 Å². The van der Waals surface area contributed by atoms with E-state index in [2.05, 4.69) is 16.4 Å². The summed E-state index contributed by atoms with van der Waals surface area (Å²) in [6.45, 7) is 4.82. The van der Waals surface area contributed by atoms with Crippen molar-refractivity contribution in [1.29, 1.82) is 0 Å². The van der Waals surface area contributed by atoms with Crippen LogP contribution in [0.15, 0.2) is 28.5 Å². The van der Waals surface area contributed by atoms with Crippen LogP contribution in [0.2, 0.25) is 0 Å². The Kier molecular flexibility index (Phi) is 3.96. The molecule has 1 saturated heterocycles. The van der Waals surface area contributed by atoms with E-state index in [0.29, 0.717) is 19.6 Å². The van der Waals surface area contributed by atoms with E-state index >= 15 is 0 Å². The van der Waals surface area contributed by atoms with E-state index in [1.54, 1.807) is 9.91 Å². The number of ether oxygens (including phenoxy) is 1. The zero-order chi connectivity index (χ0) is 15.7.